The number of hydrogen-bond acceptors (Lipinski definition) is 14. The highest BCUT2D eigenvalue weighted by molar-refractivity contribution is 7.14. The smallest absolute Gasteiger partial charge is 0.318 e. The molecule has 0 aliphatic carbocycles. The third-order valence-electron chi connectivity index (χ3n) is 13.7. The molecule has 0 atom stereocenters. The van der Waals surface area contributed by atoms with Crippen LogP contribution in [-0.2, 0) is 56.6 Å². The average molecular weight is 1100 g/mol. The van der Waals surface area contributed by atoms with Gasteiger partial charge in [0.1, 0.15) is 63.7 Å². The summed E-state index contributed by atoms with van der Waals surface area (Å²) in [5.41, 5.74) is 6.87. The van der Waals surface area contributed by atoms with Gasteiger partial charge >= 0.3 is 11.9 Å². The number of aromatic nitrogens is 6. The molecule has 4 aromatic carbocycles. The summed E-state index contributed by atoms with van der Waals surface area (Å²) in [6.07, 6.45) is 5.22. The van der Waals surface area contributed by atoms with E-state index >= 15 is 0 Å². The molecule has 0 N–H and O–H groups in total. The third kappa shape index (κ3) is 12.4. The Bertz CT molecular complexity index is 3250. The van der Waals surface area contributed by atoms with Gasteiger partial charge in [-0.3, -0.25) is 19.0 Å². The first-order valence-electron chi connectivity index (χ1n) is 25.8. The van der Waals surface area contributed by atoms with Crippen LogP contribution in [0.3, 0.4) is 0 Å². The number of hydrogen-bond donors (Lipinski definition) is 0. The number of nitrogens with zero attached hydrogens (tertiary/aromatic N) is 6. The number of rotatable bonds is 24. The van der Waals surface area contributed by atoms with Gasteiger partial charge in [-0.1, -0.05) is 125 Å². The van der Waals surface area contributed by atoms with Crippen molar-refractivity contribution in [3.05, 3.63) is 201 Å². The van der Waals surface area contributed by atoms with Crippen LogP contribution in [0.1, 0.15) is 93.4 Å². The average Bonchev–Trinajstić information content (AvgIpc) is 4.37. The van der Waals surface area contributed by atoms with E-state index in [1.54, 1.807) is 45.3 Å². The summed E-state index contributed by atoms with van der Waals surface area (Å²) in [7, 11) is 0. The summed E-state index contributed by atoms with van der Waals surface area (Å²) >= 11 is 6.35. The molecule has 0 amide bonds. The number of thiophene rings is 2. The monoisotopic (exact) mass is 1100 g/mol. The zero-order chi connectivity index (χ0) is 53.2. The number of thiazole rings is 2. The van der Waals surface area contributed by atoms with Crippen LogP contribution in [0.5, 0.6) is 11.5 Å². The molecule has 0 aliphatic heterocycles. The Morgan fingerprint density at radius 1 is 0.494 bits per heavy atom. The molecule has 10 aromatic rings. The van der Waals surface area contributed by atoms with Gasteiger partial charge in [-0.2, -0.15) is 10.2 Å². The summed E-state index contributed by atoms with van der Waals surface area (Å²) in [4.78, 5) is 39.7. The lowest BCUT2D eigenvalue weighted by atomic mass is 9.87. The number of benzene rings is 4. The second kappa shape index (κ2) is 24.2. The van der Waals surface area contributed by atoms with Crippen LogP contribution in [0.2, 0.25) is 0 Å². The molecule has 0 saturated heterocycles. The molecular weight excluding hydrogens is 1040 g/mol. The van der Waals surface area contributed by atoms with Crippen LogP contribution in [0.15, 0.2) is 167 Å². The summed E-state index contributed by atoms with van der Waals surface area (Å²) in [6, 6.07) is 44.2. The van der Waals surface area contributed by atoms with E-state index < -0.39 is 29.6 Å². The van der Waals surface area contributed by atoms with E-state index in [1.807, 2.05) is 180 Å². The first-order valence-corrected chi connectivity index (χ1v) is 29.3. The molecule has 0 bridgehead atoms. The molecule has 392 valence electrons. The van der Waals surface area contributed by atoms with Gasteiger partial charge in [-0.25, -0.2) is 9.97 Å². The minimum atomic E-state index is -1.07. The highest BCUT2D eigenvalue weighted by atomic mass is 32.1. The molecule has 6 heterocycles. The number of carbonyl (C=O) groups is 2. The fraction of sp³-hybridized carbons (Fsp3) is 0.246. The topological polar surface area (TPSA) is 132 Å². The predicted molar refractivity (Wildman–Crippen MR) is 307 cm³/mol. The van der Waals surface area contributed by atoms with Gasteiger partial charge in [-0.05, 0) is 84.0 Å². The van der Waals surface area contributed by atoms with Gasteiger partial charge < -0.3 is 18.9 Å². The van der Waals surface area contributed by atoms with Crippen molar-refractivity contribution < 1.29 is 28.5 Å². The van der Waals surface area contributed by atoms with Gasteiger partial charge in [-0.15, -0.1) is 45.3 Å². The van der Waals surface area contributed by atoms with Crippen molar-refractivity contribution in [2.24, 2.45) is 0 Å². The van der Waals surface area contributed by atoms with Crippen LogP contribution in [0.25, 0.3) is 42.3 Å². The zero-order valence-corrected chi connectivity index (χ0v) is 46.6. The fourth-order valence-electron chi connectivity index (χ4n) is 9.39. The lowest BCUT2D eigenvalue weighted by Gasteiger charge is -2.33. The Kier molecular flexibility index (Phi) is 16.7. The summed E-state index contributed by atoms with van der Waals surface area (Å²) in [5, 5.41) is 20.2. The molecule has 0 radical (unpaired) electrons. The molecule has 10 rings (SSSR count). The SMILES string of the molecule is CCC(CC)(OC(=O)CC(=O)OC(CC)(CC)c1cn(Cc2ccc(OCc3csc(-c4ccccc4)n3)cc2)nc1-c1cccs1)c1cn(Cc2ccc(OCc3csc(-c4ccccc4)n3)cc2)nc1-c1cccs1. The maximum absolute atomic E-state index is 14.2. The zero-order valence-electron chi connectivity index (χ0n) is 43.3. The maximum Gasteiger partial charge on any atom is 0.318 e. The van der Waals surface area contributed by atoms with Crippen LogP contribution >= 0.6 is 45.3 Å². The molecule has 12 nitrogen and oxygen atoms in total. The van der Waals surface area contributed by atoms with E-state index in [1.165, 1.54) is 0 Å². The van der Waals surface area contributed by atoms with Crippen LogP contribution in [-0.4, -0.2) is 41.5 Å². The standard InChI is InChI=1S/C61H58N6O6S4/c1-5-60(6-2,50-36-66(64-56(50)52-21-15-31-74-52)34-42-23-27-48(28-24-42)70-38-46-40-76-58(62-46)44-17-11-9-12-18-44)72-54(68)33-55(69)73-61(7-3,8-4)51-37-67(65-57(51)53-22-16-32-75-53)35-43-25-29-49(30-26-43)71-39-47-41-77-59(63-47)45-19-13-10-14-20-45/h9-32,36-37,40-41H,5-8,33-35,38-39H2,1-4H3. The first kappa shape index (κ1) is 52.9. The molecular formula is C61H58N6O6S4. The third-order valence-corrected chi connectivity index (χ3v) is 17.3. The number of carbonyl (C=O) groups excluding carboxylic acids is 2. The Labute approximate surface area is 464 Å². The minimum absolute atomic E-state index is 0.364. The van der Waals surface area contributed by atoms with Crippen molar-refractivity contribution in [1.82, 2.24) is 29.5 Å². The second-order valence-corrected chi connectivity index (χ2v) is 22.2. The Morgan fingerprint density at radius 2 is 0.896 bits per heavy atom. The van der Waals surface area contributed by atoms with E-state index in [9.17, 15) is 9.59 Å². The van der Waals surface area contributed by atoms with E-state index in [0.29, 0.717) is 52.0 Å². The summed E-state index contributed by atoms with van der Waals surface area (Å²) < 4.78 is 29.0. The molecule has 0 spiro atoms. The highest BCUT2D eigenvalue weighted by Crippen LogP contribution is 2.43. The number of esters is 2. The van der Waals surface area contributed by atoms with Crippen molar-refractivity contribution >= 4 is 57.3 Å². The van der Waals surface area contributed by atoms with Gasteiger partial charge in [0.2, 0.25) is 0 Å². The van der Waals surface area contributed by atoms with Gasteiger partial charge in [0.15, 0.2) is 0 Å². The minimum Gasteiger partial charge on any atom is -0.487 e. The highest BCUT2D eigenvalue weighted by Gasteiger charge is 2.41. The predicted octanol–water partition coefficient (Wildman–Crippen LogP) is 15.2. The van der Waals surface area contributed by atoms with Crippen molar-refractivity contribution in [2.75, 3.05) is 0 Å². The lowest BCUT2D eigenvalue weighted by Crippen LogP contribution is -2.35. The van der Waals surface area contributed by atoms with Gasteiger partial charge in [0, 0.05) is 45.4 Å². The molecule has 0 aliphatic rings. The Balaban J connectivity index is 0.802. The lowest BCUT2D eigenvalue weighted by molar-refractivity contribution is -0.174. The first-order chi connectivity index (χ1) is 37.6. The van der Waals surface area contributed by atoms with E-state index in [2.05, 4.69) is 24.3 Å². The Hall–Kier alpha value is -7.50. The van der Waals surface area contributed by atoms with E-state index in [0.717, 1.165) is 87.4 Å². The molecule has 0 unspecified atom stereocenters. The molecule has 6 aromatic heterocycles. The largest absolute Gasteiger partial charge is 0.487 e. The molecule has 77 heavy (non-hydrogen) atoms. The van der Waals surface area contributed by atoms with Crippen molar-refractivity contribution in [3.8, 4) is 53.8 Å². The molecule has 0 fully saturated rings. The van der Waals surface area contributed by atoms with Crippen LogP contribution in [0, 0.1) is 0 Å². The van der Waals surface area contributed by atoms with Crippen LogP contribution in [0.4, 0.5) is 0 Å². The van der Waals surface area contributed by atoms with E-state index in [-0.39, 0.29) is 0 Å². The van der Waals surface area contributed by atoms with Gasteiger partial charge in [0.25, 0.3) is 0 Å². The fourth-order valence-corrected chi connectivity index (χ4v) is 12.5. The molecule has 0 saturated carbocycles. The van der Waals surface area contributed by atoms with Crippen LogP contribution < -0.4 is 9.47 Å². The maximum atomic E-state index is 14.2. The van der Waals surface area contributed by atoms with Crippen molar-refractivity contribution in [1.29, 1.82) is 0 Å². The molecule has 16 heteroatoms. The number of ether oxygens (including phenoxy) is 4. The normalized spacial score (nSPS) is 11.7. The van der Waals surface area contributed by atoms with E-state index in [4.69, 9.17) is 39.1 Å². The van der Waals surface area contributed by atoms with Crippen molar-refractivity contribution in [3.63, 3.8) is 0 Å². The summed E-state index contributed by atoms with van der Waals surface area (Å²) in [6.45, 7) is 9.65. The van der Waals surface area contributed by atoms with Crippen molar-refractivity contribution in [2.45, 2.75) is 97.3 Å². The Morgan fingerprint density at radius 3 is 1.26 bits per heavy atom. The second-order valence-electron chi connectivity index (χ2n) is 18.5. The quantitative estimate of drug-likeness (QED) is 0.0425. The van der Waals surface area contributed by atoms with Gasteiger partial charge in [0.05, 0.1) is 34.2 Å². The summed E-state index contributed by atoms with van der Waals surface area (Å²) in [5.74, 6) is 0.145.